The topological polar surface area (TPSA) is 59.0 Å². The van der Waals surface area contributed by atoms with E-state index in [0.717, 1.165) is 24.1 Å². The lowest BCUT2D eigenvalue weighted by Gasteiger charge is -2.35. The molecule has 0 aromatic heterocycles. The van der Waals surface area contributed by atoms with E-state index in [2.05, 4.69) is 0 Å². The summed E-state index contributed by atoms with van der Waals surface area (Å²) in [5, 5.41) is 11.1. The Bertz CT molecular complexity index is 1070. The first-order valence-electron chi connectivity index (χ1n) is 11.2. The molecule has 164 valence electrons. The number of amides is 1. The Hall–Kier alpha value is -3.31. The van der Waals surface area contributed by atoms with Gasteiger partial charge >= 0.3 is 0 Å². The first-order valence-corrected chi connectivity index (χ1v) is 11.2. The Morgan fingerprint density at radius 1 is 0.969 bits per heavy atom. The number of carbonyl (C=O) groups is 1. The molecule has 3 atom stereocenters. The molecule has 3 aromatic carbocycles. The molecule has 2 aliphatic heterocycles. The SMILES string of the molecule is O=C1C(C(O)c2ccc3c(c2)OCC(c2ccccc2)O3)CCCN1Cc1ccccc1. The van der Waals surface area contributed by atoms with Gasteiger partial charge in [0, 0.05) is 13.1 Å². The number of aliphatic hydroxyl groups is 1. The molecule has 2 aliphatic rings. The monoisotopic (exact) mass is 429 g/mol. The molecule has 0 spiro atoms. The molecule has 1 saturated heterocycles. The zero-order valence-corrected chi connectivity index (χ0v) is 17.9. The van der Waals surface area contributed by atoms with Crippen molar-refractivity contribution in [3.63, 3.8) is 0 Å². The van der Waals surface area contributed by atoms with Gasteiger partial charge in [0.15, 0.2) is 17.6 Å². The van der Waals surface area contributed by atoms with Crippen LogP contribution >= 0.6 is 0 Å². The summed E-state index contributed by atoms with van der Waals surface area (Å²) in [6, 6.07) is 25.4. The second-order valence-corrected chi connectivity index (χ2v) is 8.47. The van der Waals surface area contributed by atoms with Crippen LogP contribution in [0.5, 0.6) is 11.5 Å². The van der Waals surface area contributed by atoms with Gasteiger partial charge < -0.3 is 19.5 Å². The van der Waals surface area contributed by atoms with Gasteiger partial charge in [-0.2, -0.15) is 0 Å². The quantitative estimate of drug-likeness (QED) is 0.640. The standard InChI is InChI=1S/C27H27NO4/c29-26(22-12-7-15-28(27(22)30)17-19-8-3-1-4-9-19)21-13-14-23-24(16-21)31-18-25(32-23)20-10-5-2-6-11-20/h1-6,8-11,13-14,16,22,25-26,29H,7,12,15,17-18H2. The minimum Gasteiger partial charge on any atom is -0.485 e. The first kappa shape index (κ1) is 20.6. The van der Waals surface area contributed by atoms with E-state index in [1.54, 1.807) is 0 Å². The van der Waals surface area contributed by atoms with Crippen LogP contribution in [0.1, 0.15) is 41.7 Å². The number of benzene rings is 3. The van der Waals surface area contributed by atoms with Gasteiger partial charge in [-0.25, -0.2) is 0 Å². The van der Waals surface area contributed by atoms with Gasteiger partial charge in [0.05, 0.1) is 12.0 Å². The van der Waals surface area contributed by atoms with Crippen LogP contribution in [0.2, 0.25) is 0 Å². The summed E-state index contributed by atoms with van der Waals surface area (Å²) in [6.45, 7) is 1.70. The molecule has 1 N–H and O–H groups in total. The van der Waals surface area contributed by atoms with Gasteiger partial charge in [-0.3, -0.25) is 4.79 Å². The van der Waals surface area contributed by atoms with Gasteiger partial charge in [-0.05, 0) is 41.7 Å². The third-order valence-electron chi connectivity index (χ3n) is 6.31. The van der Waals surface area contributed by atoms with Gasteiger partial charge in [0.2, 0.25) is 5.91 Å². The molecule has 3 aromatic rings. The Morgan fingerprint density at radius 3 is 2.50 bits per heavy atom. The number of carbonyl (C=O) groups excluding carboxylic acids is 1. The molecule has 1 fully saturated rings. The van der Waals surface area contributed by atoms with Crippen molar-refractivity contribution in [3.05, 3.63) is 95.6 Å². The van der Waals surface area contributed by atoms with Gasteiger partial charge in [0.1, 0.15) is 6.61 Å². The Morgan fingerprint density at radius 2 is 1.72 bits per heavy atom. The van der Waals surface area contributed by atoms with Gasteiger partial charge in [-0.15, -0.1) is 0 Å². The molecule has 0 aliphatic carbocycles. The highest BCUT2D eigenvalue weighted by Gasteiger charge is 2.35. The molecule has 2 heterocycles. The van der Waals surface area contributed by atoms with E-state index in [-0.39, 0.29) is 12.0 Å². The molecule has 5 nitrogen and oxygen atoms in total. The third kappa shape index (κ3) is 4.21. The van der Waals surface area contributed by atoms with Crippen LogP contribution in [0.4, 0.5) is 0 Å². The van der Waals surface area contributed by atoms with E-state index in [9.17, 15) is 9.90 Å². The number of hydrogen-bond donors (Lipinski definition) is 1. The largest absolute Gasteiger partial charge is 0.485 e. The molecular weight excluding hydrogens is 402 g/mol. The first-order chi connectivity index (χ1) is 15.7. The van der Waals surface area contributed by atoms with Gasteiger partial charge in [0.25, 0.3) is 0 Å². The van der Waals surface area contributed by atoms with Crippen LogP contribution in [0.3, 0.4) is 0 Å². The summed E-state index contributed by atoms with van der Waals surface area (Å²) in [5.74, 6) is 0.818. The highest BCUT2D eigenvalue weighted by Crippen LogP contribution is 2.40. The Labute approximate surface area is 188 Å². The second kappa shape index (κ2) is 9.05. The van der Waals surface area contributed by atoms with E-state index in [1.807, 2.05) is 83.8 Å². The van der Waals surface area contributed by atoms with Crippen molar-refractivity contribution in [1.82, 2.24) is 4.90 Å². The summed E-state index contributed by atoms with van der Waals surface area (Å²) in [5.41, 5.74) is 2.85. The molecule has 32 heavy (non-hydrogen) atoms. The molecule has 5 rings (SSSR count). The Kier molecular flexibility index (Phi) is 5.82. The zero-order valence-electron chi connectivity index (χ0n) is 17.9. The number of fused-ring (bicyclic) bond motifs is 1. The molecular formula is C27H27NO4. The Balaban J connectivity index is 1.29. The van der Waals surface area contributed by atoms with E-state index < -0.39 is 12.0 Å². The fourth-order valence-electron chi connectivity index (χ4n) is 4.56. The summed E-state index contributed by atoms with van der Waals surface area (Å²) in [7, 11) is 0. The molecule has 3 unspecified atom stereocenters. The van der Waals surface area contributed by atoms with Crippen molar-refractivity contribution in [2.45, 2.75) is 31.6 Å². The predicted molar refractivity (Wildman–Crippen MR) is 121 cm³/mol. The number of ether oxygens (including phenoxy) is 2. The highest BCUT2D eigenvalue weighted by molar-refractivity contribution is 5.80. The van der Waals surface area contributed by atoms with Crippen LogP contribution in [-0.4, -0.2) is 29.1 Å². The maximum Gasteiger partial charge on any atom is 0.228 e. The lowest BCUT2D eigenvalue weighted by Crippen LogP contribution is -2.42. The van der Waals surface area contributed by atoms with E-state index >= 15 is 0 Å². The summed E-state index contributed by atoms with van der Waals surface area (Å²) < 4.78 is 12.1. The molecule has 1 amide bonds. The number of likely N-dealkylation sites (tertiary alicyclic amines) is 1. The van der Waals surface area contributed by atoms with Crippen molar-refractivity contribution in [3.8, 4) is 11.5 Å². The van der Waals surface area contributed by atoms with Crippen LogP contribution < -0.4 is 9.47 Å². The summed E-state index contributed by atoms with van der Waals surface area (Å²) >= 11 is 0. The van der Waals surface area contributed by atoms with Crippen LogP contribution in [0, 0.1) is 5.92 Å². The zero-order chi connectivity index (χ0) is 21.9. The smallest absolute Gasteiger partial charge is 0.228 e. The third-order valence-corrected chi connectivity index (χ3v) is 6.31. The van der Waals surface area contributed by atoms with Crippen molar-refractivity contribution in [2.24, 2.45) is 5.92 Å². The van der Waals surface area contributed by atoms with E-state index in [1.165, 1.54) is 0 Å². The lowest BCUT2D eigenvalue weighted by atomic mass is 9.87. The van der Waals surface area contributed by atoms with Gasteiger partial charge in [-0.1, -0.05) is 66.7 Å². The van der Waals surface area contributed by atoms with E-state index in [4.69, 9.17) is 9.47 Å². The molecule has 0 radical (unpaired) electrons. The maximum atomic E-state index is 13.1. The minimum atomic E-state index is -0.873. The number of piperidine rings is 1. The maximum absolute atomic E-state index is 13.1. The van der Waals surface area contributed by atoms with Crippen molar-refractivity contribution >= 4 is 5.91 Å². The number of aliphatic hydroxyl groups excluding tert-OH is 1. The summed E-state index contributed by atoms with van der Waals surface area (Å²) in [6.07, 6.45) is 0.520. The van der Waals surface area contributed by atoms with Crippen LogP contribution in [0.25, 0.3) is 0 Å². The van der Waals surface area contributed by atoms with Crippen molar-refractivity contribution in [2.75, 3.05) is 13.2 Å². The second-order valence-electron chi connectivity index (χ2n) is 8.47. The van der Waals surface area contributed by atoms with Crippen LogP contribution in [-0.2, 0) is 11.3 Å². The summed E-state index contributed by atoms with van der Waals surface area (Å²) in [4.78, 5) is 15.0. The highest BCUT2D eigenvalue weighted by atomic mass is 16.6. The molecule has 5 heteroatoms. The minimum absolute atomic E-state index is 0.00614. The fraction of sp³-hybridized carbons (Fsp3) is 0.296. The van der Waals surface area contributed by atoms with Crippen molar-refractivity contribution in [1.29, 1.82) is 0 Å². The average Bonchev–Trinajstić information content (AvgIpc) is 2.85. The van der Waals surface area contributed by atoms with E-state index in [0.29, 0.717) is 36.6 Å². The molecule has 0 bridgehead atoms. The normalized spacial score (nSPS) is 21.3. The predicted octanol–water partition coefficient (Wildman–Crippen LogP) is 4.67. The number of rotatable bonds is 5. The number of nitrogens with zero attached hydrogens (tertiary/aromatic N) is 1. The van der Waals surface area contributed by atoms with Crippen molar-refractivity contribution < 1.29 is 19.4 Å². The lowest BCUT2D eigenvalue weighted by molar-refractivity contribution is -0.143. The van der Waals surface area contributed by atoms with Crippen LogP contribution in [0.15, 0.2) is 78.9 Å². The average molecular weight is 430 g/mol. The molecule has 0 saturated carbocycles. The number of hydrogen-bond acceptors (Lipinski definition) is 4. The fourth-order valence-corrected chi connectivity index (χ4v) is 4.56.